The molecule has 3 rings (SSSR count). The highest BCUT2D eigenvalue weighted by molar-refractivity contribution is 5.39. The molecule has 1 fully saturated rings. The fourth-order valence-corrected chi connectivity index (χ4v) is 3.38. The van der Waals surface area contributed by atoms with Gasteiger partial charge in [0.25, 0.3) is 0 Å². The molecule has 2 aliphatic rings. The van der Waals surface area contributed by atoms with Crippen molar-refractivity contribution in [3.8, 4) is 5.75 Å². The molecule has 1 spiro atoms. The van der Waals surface area contributed by atoms with Crippen LogP contribution in [0.5, 0.6) is 5.75 Å². The molecular formula is C16H22FNO. The summed E-state index contributed by atoms with van der Waals surface area (Å²) in [6, 6.07) is 4.59. The van der Waals surface area contributed by atoms with Gasteiger partial charge in [0, 0.05) is 18.0 Å². The topological polar surface area (TPSA) is 35.2 Å². The maximum atomic E-state index is 13.3. The summed E-state index contributed by atoms with van der Waals surface area (Å²) in [7, 11) is 0. The molecule has 19 heavy (non-hydrogen) atoms. The maximum Gasteiger partial charge on any atom is 0.125 e. The zero-order valence-corrected chi connectivity index (χ0v) is 11.7. The molecule has 0 unspecified atom stereocenters. The lowest BCUT2D eigenvalue weighted by molar-refractivity contribution is -0.0260. The summed E-state index contributed by atoms with van der Waals surface area (Å²) in [5, 5.41) is 0. The monoisotopic (exact) mass is 263 g/mol. The Hall–Kier alpha value is -1.09. The van der Waals surface area contributed by atoms with Gasteiger partial charge < -0.3 is 10.5 Å². The molecule has 3 heteroatoms. The van der Waals surface area contributed by atoms with Crippen molar-refractivity contribution < 1.29 is 9.13 Å². The highest BCUT2D eigenvalue weighted by Crippen LogP contribution is 2.49. The number of hydrogen-bond acceptors (Lipinski definition) is 2. The predicted molar refractivity (Wildman–Crippen MR) is 73.6 cm³/mol. The zero-order chi connectivity index (χ0) is 13.7. The standard InChI is InChI=1S/C16H22FNO/c1-15(2)5-7-16(8-6-15)10-13(18)12-9-11(17)3-4-14(12)19-16/h3-4,9,13H,5-8,10,18H2,1-2H3/t13-/m0/s1. The van der Waals surface area contributed by atoms with Gasteiger partial charge in [0.1, 0.15) is 17.2 Å². The van der Waals surface area contributed by atoms with Gasteiger partial charge in [-0.3, -0.25) is 0 Å². The molecule has 2 N–H and O–H groups in total. The van der Waals surface area contributed by atoms with E-state index in [-0.39, 0.29) is 17.5 Å². The van der Waals surface area contributed by atoms with Crippen molar-refractivity contribution in [3.63, 3.8) is 0 Å². The van der Waals surface area contributed by atoms with E-state index in [1.165, 1.54) is 12.1 Å². The predicted octanol–water partition coefficient (Wildman–Crippen LogP) is 3.95. The van der Waals surface area contributed by atoms with E-state index in [9.17, 15) is 4.39 Å². The van der Waals surface area contributed by atoms with Crippen LogP contribution >= 0.6 is 0 Å². The van der Waals surface area contributed by atoms with Crippen LogP contribution < -0.4 is 10.5 Å². The second-order valence-corrected chi connectivity index (χ2v) is 6.94. The van der Waals surface area contributed by atoms with Crippen molar-refractivity contribution in [1.82, 2.24) is 0 Å². The third-order valence-electron chi connectivity index (χ3n) is 4.80. The van der Waals surface area contributed by atoms with Crippen LogP contribution in [-0.4, -0.2) is 5.60 Å². The molecule has 1 aromatic carbocycles. The molecule has 1 heterocycles. The van der Waals surface area contributed by atoms with Crippen molar-refractivity contribution >= 4 is 0 Å². The van der Waals surface area contributed by atoms with Gasteiger partial charge in [-0.1, -0.05) is 13.8 Å². The Kier molecular flexibility index (Phi) is 2.86. The van der Waals surface area contributed by atoms with Crippen LogP contribution in [0.2, 0.25) is 0 Å². The number of halogens is 1. The lowest BCUT2D eigenvalue weighted by Crippen LogP contribution is -2.47. The Morgan fingerprint density at radius 2 is 1.89 bits per heavy atom. The molecule has 2 nitrogen and oxygen atoms in total. The van der Waals surface area contributed by atoms with E-state index in [1.807, 2.05) is 0 Å². The van der Waals surface area contributed by atoms with Gasteiger partial charge in [-0.25, -0.2) is 4.39 Å². The largest absolute Gasteiger partial charge is 0.487 e. The third kappa shape index (κ3) is 2.36. The SMILES string of the molecule is CC1(C)CCC2(CC1)C[C@H](N)c1cc(F)ccc1O2. The van der Waals surface area contributed by atoms with Gasteiger partial charge in [-0.2, -0.15) is 0 Å². The van der Waals surface area contributed by atoms with Crippen LogP contribution in [0.3, 0.4) is 0 Å². The Morgan fingerprint density at radius 3 is 2.58 bits per heavy atom. The molecule has 1 aliphatic heterocycles. The Bertz CT molecular complexity index is 488. The van der Waals surface area contributed by atoms with Crippen LogP contribution in [0.4, 0.5) is 4.39 Å². The summed E-state index contributed by atoms with van der Waals surface area (Å²) in [6.07, 6.45) is 5.22. The third-order valence-corrected chi connectivity index (χ3v) is 4.80. The first-order valence-electron chi connectivity index (χ1n) is 7.13. The van der Waals surface area contributed by atoms with E-state index in [4.69, 9.17) is 10.5 Å². The second kappa shape index (κ2) is 4.20. The van der Waals surface area contributed by atoms with E-state index in [1.54, 1.807) is 6.07 Å². The quantitative estimate of drug-likeness (QED) is 0.769. The van der Waals surface area contributed by atoms with Crippen LogP contribution in [0.25, 0.3) is 0 Å². The minimum absolute atomic E-state index is 0.110. The molecule has 1 atom stereocenters. The van der Waals surface area contributed by atoms with E-state index in [2.05, 4.69) is 13.8 Å². The Morgan fingerprint density at radius 1 is 1.21 bits per heavy atom. The summed E-state index contributed by atoms with van der Waals surface area (Å²) >= 11 is 0. The summed E-state index contributed by atoms with van der Waals surface area (Å²) in [4.78, 5) is 0. The number of ether oxygens (including phenoxy) is 1. The molecular weight excluding hydrogens is 241 g/mol. The summed E-state index contributed by atoms with van der Waals surface area (Å²) < 4.78 is 19.5. The van der Waals surface area contributed by atoms with Gasteiger partial charge >= 0.3 is 0 Å². The molecule has 0 saturated heterocycles. The molecule has 1 aliphatic carbocycles. The fourth-order valence-electron chi connectivity index (χ4n) is 3.38. The normalized spacial score (nSPS) is 27.7. The van der Waals surface area contributed by atoms with Gasteiger partial charge in [-0.05, 0) is 49.3 Å². The van der Waals surface area contributed by atoms with E-state index < -0.39 is 0 Å². The molecule has 1 aromatic rings. The van der Waals surface area contributed by atoms with Crippen molar-refractivity contribution in [2.24, 2.45) is 11.1 Å². The number of rotatable bonds is 0. The molecule has 0 aromatic heterocycles. The first-order valence-corrected chi connectivity index (χ1v) is 7.13. The lowest BCUT2D eigenvalue weighted by Gasteiger charge is -2.47. The van der Waals surface area contributed by atoms with Gasteiger partial charge in [0.15, 0.2) is 0 Å². The minimum atomic E-state index is -0.237. The van der Waals surface area contributed by atoms with Crippen LogP contribution in [-0.2, 0) is 0 Å². The average Bonchev–Trinajstić information content (AvgIpc) is 2.35. The first kappa shape index (κ1) is 12.9. The average molecular weight is 263 g/mol. The van der Waals surface area contributed by atoms with E-state index in [0.717, 1.165) is 43.4 Å². The number of nitrogens with two attached hydrogens (primary N) is 1. The van der Waals surface area contributed by atoms with Crippen LogP contribution in [0.1, 0.15) is 57.6 Å². The number of benzene rings is 1. The van der Waals surface area contributed by atoms with Crippen LogP contribution in [0.15, 0.2) is 18.2 Å². The highest BCUT2D eigenvalue weighted by Gasteiger charge is 2.44. The minimum Gasteiger partial charge on any atom is -0.487 e. The molecule has 0 radical (unpaired) electrons. The van der Waals surface area contributed by atoms with Gasteiger partial charge in [0.2, 0.25) is 0 Å². The van der Waals surface area contributed by atoms with Crippen LogP contribution in [0, 0.1) is 11.2 Å². The van der Waals surface area contributed by atoms with E-state index in [0.29, 0.717) is 5.41 Å². The Balaban J connectivity index is 1.87. The lowest BCUT2D eigenvalue weighted by atomic mass is 9.68. The summed E-state index contributed by atoms with van der Waals surface area (Å²) in [5.41, 5.74) is 7.34. The molecule has 0 amide bonds. The van der Waals surface area contributed by atoms with Crippen molar-refractivity contribution in [2.75, 3.05) is 0 Å². The maximum absolute atomic E-state index is 13.3. The number of fused-ring (bicyclic) bond motifs is 1. The second-order valence-electron chi connectivity index (χ2n) is 6.94. The highest BCUT2D eigenvalue weighted by atomic mass is 19.1. The Labute approximate surface area is 114 Å². The summed E-state index contributed by atoms with van der Waals surface area (Å²) in [5.74, 6) is 0.540. The van der Waals surface area contributed by atoms with Gasteiger partial charge in [-0.15, -0.1) is 0 Å². The fraction of sp³-hybridized carbons (Fsp3) is 0.625. The summed E-state index contributed by atoms with van der Waals surface area (Å²) in [6.45, 7) is 4.62. The zero-order valence-electron chi connectivity index (χ0n) is 11.7. The van der Waals surface area contributed by atoms with Crippen molar-refractivity contribution in [3.05, 3.63) is 29.6 Å². The van der Waals surface area contributed by atoms with Crippen molar-refractivity contribution in [2.45, 2.75) is 57.6 Å². The van der Waals surface area contributed by atoms with E-state index >= 15 is 0 Å². The van der Waals surface area contributed by atoms with Gasteiger partial charge in [0.05, 0.1) is 0 Å². The molecule has 0 bridgehead atoms. The smallest absolute Gasteiger partial charge is 0.125 e. The first-order chi connectivity index (χ1) is 8.89. The number of hydrogen-bond donors (Lipinski definition) is 1. The van der Waals surface area contributed by atoms with Crippen molar-refractivity contribution in [1.29, 1.82) is 0 Å². The molecule has 1 saturated carbocycles. The molecule has 104 valence electrons.